The summed E-state index contributed by atoms with van der Waals surface area (Å²) in [6, 6.07) is -1.10. The largest absolute Gasteiger partial charge is 0.527 e. The molecule has 0 spiro atoms. The van der Waals surface area contributed by atoms with Crippen LogP contribution in [0.4, 0.5) is 11.8 Å². The highest BCUT2D eigenvalue weighted by atomic mass is 31.2. The molecule has 6 rings (SSSR count). The van der Waals surface area contributed by atoms with Crippen molar-refractivity contribution in [2.45, 2.75) is 51.0 Å². The number of nitrogens with zero attached hydrogens (tertiary/aromatic N) is 7. The predicted molar refractivity (Wildman–Crippen MR) is 164 cm³/mol. The average Bonchev–Trinajstić information content (AvgIpc) is 3.70. The molecule has 0 aromatic carbocycles. The highest BCUT2D eigenvalue weighted by molar-refractivity contribution is 7.47. The van der Waals surface area contributed by atoms with Crippen LogP contribution in [0.15, 0.2) is 46.8 Å². The fraction of sp³-hybridized carbons (Fsp3) is 0.417. The number of anilines is 2. The molecular formula is C24H31N11O11P2. The highest BCUT2D eigenvalue weighted by Gasteiger charge is 2.51. The number of ether oxygens (including phenoxy) is 1. The van der Waals surface area contributed by atoms with E-state index in [1.807, 2.05) is 0 Å². The van der Waals surface area contributed by atoms with Crippen LogP contribution in [0.3, 0.4) is 0 Å². The van der Waals surface area contributed by atoms with Gasteiger partial charge in [0.05, 0.1) is 31.9 Å². The quantitative estimate of drug-likeness (QED) is 0.144. The summed E-state index contributed by atoms with van der Waals surface area (Å²) in [7, 11) is -10.2. The number of hydrogen-bond acceptors (Lipinski definition) is 17. The number of nitrogen functional groups attached to an aromatic ring is 2. The number of fused-ring (bicyclic) bond motifs is 3. The van der Waals surface area contributed by atoms with Gasteiger partial charge in [0.15, 0.2) is 46.0 Å². The Morgan fingerprint density at radius 3 is 2.54 bits per heavy atom. The van der Waals surface area contributed by atoms with Gasteiger partial charge in [-0.1, -0.05) is 13.3 Å². The summed E-state index contributed by atoms with van der Waals surface area (Å²) in [6.07, 6.45) is 2.47. The van der Waals surface area contributed by atoms with E-state index in [-0.39, 0.29) is 46.2 Å². The number of phosphoric acid groups is 2. The van der Waals surface area contributed by atoms with Crippen LogP contribution < -0.4 is 22.8 Å². The molecule has 258 valence electrons. The number of phosphoric ester groups is 2. The van der Waals surface area contributed by atoms with Crippen LogP contribution in [-0.2, 0) is 32.0 Å². The summed E-state index contributed by atoms with van der Waals surface area (Å²) in [4.78, 5) is 56.8. The number of nitrogens with one attached hydrogen (secondary N) is 1. The summed E-state index contributed by atoms with van der Waals surface area (Å²) < 4.78 is 56.8. The summed E-state index contributed by atoms with van der Waals surface area (Å²) in [5.74, 6) is -1.77. The van der Waals surface area contributed by atoms with Crippen LogP contribution in [-0.4, -0.2) is 72.7 Å². The minimum atomic E-state index is -5.17. The van der Waals surface area contributed by atoms with Crippen LogP contribution >= 0.6 is 15.6 Å². The van der Waals surface area contributed by atoms with E-state index in [2.05, 4.69) is 29.9 Å². The zero-order valence-corrected chi connectivity index (χ0v) is 27.1. The predicted octanol–water partition coefficient (Wildman–Crippen LogP) is 1.36. The molecule has 0 amide bonds. The SMILES string of the molecule is CCC[C@H](/C1=C(/O)CCOP(=O)(O)OC2=C(N)[C@H](n3cnc4c(N)ncnc43)OC2(C)COP(=O)(O)O1)n1cnc2c(=O)[nH]c(N)nc21. The van der Waals surface area contributed by atoms with Gasteiger partial charge in [-0.2, -0.15) is 4.98 Å². The first kappa shape index (κ1) is 33.3. The second-order valence-electron chi connectivity index (χ2n) is 10.9. The van der Waals surface area contributed by atoms with Crippen molar-refractivity contribution in [2.75, 3.05) is 24.7 Å². The first-order valence-electron chi connectivity index (χ1n) is 14.2. The molecule has 0 aliphatic carbocycles. The standard InChI is InChI=1S/C24H31N11O11P2/c1-3-4-11(34-9-31-15-20(34)32-23(27)33-21(15)37)16-12(36)5-6-42-47(38,39)46-17-13(25)22(44-24(17,2)7-43-48(40,41)45-16)35-10-30-14-18(26)28-8-29-19(14)35/h8-11,22,36H,3-7,25H2,1-2H3,(H,38,39)(H,40,41)(H2,26,28,29)(H3,27,32,33,37)/b16-12-/t11-,22-,24?/m1/s1. The third-order valence-electron chi connectivity index (χ3n) is 7.47. The number of aromatic amines is 1. The van der Waals surface area contributed by atoms with Crippen molar-refractivity contribution in [3.8, 4) is 0 Å². The number of rotatable bonds is 5. The Morgan fingerprint density at radius 1 is 1.06 bits per heavy atom. The van der Waals surface area contributed by atoms with Crippen molar-refractivity contribution in [3.63, 3.8) is 0 Å². The van der Waals surface area contributed by atoms with E-state index in [1.165, 1.54) is 35.0 Å². The number of aromatic nitrogens is 8. The maximum atomic E-state index is 13.5. The van der Waals surface area contributed by atoms with E-state index in [0.29, 0.717) is 6.42 Å². The van der Waals surface area contributed by atoms with Crippen LogP contribution in [0, 0.1) is 0 Å². The molecule has 0 bridgehead atoms. The maximum absolute atomic E-state index is 13.5. The van der Waals surface area contributed by atoms with Gasteiger partial charge in [-0.05, 0) is 13.3 Å². The molecule has 10 N–H and O–H groups in total. The maximum Gasteiger partial charge on any atom is 0.527 e. The molecule has 0 saturated heterocycles. The first-order valence-corrected chi connectivity index (χ1v) is 17.2. The van der Waals surface area contributed by atoms with Crippen molar-refractivity contribution in [1.29, 1.82) is 0 Å². The number of aliphatic hydroxyl groups excluding tert-OH is 1. The Morgan fingerprint density at radius 2 is 1.79 bits per heavy atom. The minimum absolute atomic E-state index is 0.0121. The average molecular weight is 712 g/mol. The van der Waals surface area contributed by atoms with Gasteiger partial charge < -0.3 is 40.7 Å². The topological polar surface area (TPSA) is 326 Å². The van der Waals surface area contributed by atoms with Gasteiger partial charge in [-0.25, -0.2) is 29.1 Å². The van der Waals surface area contributed by atoms with Crippen molar-refractivity contribution in [1.82, 2.24) is 39.0 Å². The third kappa shape index (κ3) is 6.10. The van der Waals surface area contributed by atoms with E-state index in [1.54, 1.807) is 6.92 Å². The second-order valence-corrected chi connectivity index (χ2v) is 13.7. The molecule has 6 heterocycles. The normalized spacial score (nSPS) is 29.5. The summed E-state index contributed by atoms with van der Waals surface area (Å²) in [5, 5.41) is 11.1. The molecule has 4 aromatic heterocycles. The molecule has 4 aromatic rings. The fourth-order valence-corrected chi connectivity index (χ4v) is 7.14. The second kappa shape index (κ2) is 12.2. The van der Waals surface area contributed by atoms with E-state index >= 15 is 0 Å². The van der Waals surface area contributed by atoms with E-state index in [9.17, 15) is 28.8 Å². The van der Waals surface area contributed by atoms with Crippen LogP contribution in [0.2, 0.25) is 0 Å². The lowest BCUT2D eigenvalue weighted by Gasteiger charge is -2.29. The van der Waals surface area contributed by atoms with E-state index < -0.39 is 76.0 Å². The zero-order valence-electron chi connectivity index (χ0n) is 25.3. The number of allylic oxidation sites excluding steroid dienone is 1. The number of imidazole rings is 2. The number of nitrogens with two attached hydrogens (primary N) is 3. The zero-order chi connectivity index (χ0) is 34.6. The van der Waals surface area contributed by atoms with Crippen LogP contribution in [0.25, 0.3) is 22.3 Å². The van der Waals surface area contributed by atoms with Crippen molar-refractivity contribution in [3.05, 3.63) is 52.3 Å². The molecule has 0 saturated carbocycles. The Kier molecular flexibility index (Phi) is 8.44. The lowest BCUT2D eigenvalue weighted by molar-refractivity contribution is -0.0890. The molecule has 2 aliphatic heterocycles. The van der Waals surface area contributed by atoms with Crippen LogP contribution in [0.5, 0.6) is 0 Å². The molecule has 3 unspecified atom stereocenters. The number of H-pyrrole nitrogens is 1. The van der Waals surface area contributed by atoms with Gasteiger partial charge in [0.1, 0.15) is 23.3 Å². The summed E-state index contributed by atoms with van der Waals surface area (Å²) in [6.45, 7) is 1.61. The lowest BCUT2D eigenvalue weighted by atomic mass is 10.1. The Labute approximate surface area is 269 Å². The van der Waals surface area contributed by atoms with Gasteiger partial charge >= 0.3 is 15.6 Å². The van der Waals surface area contributed by atoms with Gasteiger partial charge in [0, 0.05) is 6.42 Å². The molecule has 48 heavy (non-hydrogen) atoms. The summed E-state index contributed by atoms with van der Waals surface area (Å²) in [5.41, 5.74) is 15.5. The molecule has 0 fully saturated rings. The third-order valence-corrected chi connectivity index (χ3v) is 9.28. The van der Waals surface area contributed by atoms with Gasteiger partial charge in [0.25, 0.3) is 5.56 Å². The molecule has 22 nitrogen and oxygen atoms in total. The van der Waals surface area contributed by atoms with Crippen molar-refractivity contribution < 1.29 is 46.9 Å². The van der Waals surface area contributed by atoms with E-state index in [0.717, 1.165) is 0 Å². The highest BCUT2D eigenvalue weighted by Crippen LogP contribution is 2.55. The van der Waals surface area contributed by atoms with Gasteiger partial charge in [-0.3, -0.25) is 33.2 Å². The van der Waals surface area contributed by atoms with E-state index in [4.69, 9.17) is 40.0 Å². The van der Waals surface area contributed by atoms with Gasteiger partial charge in [-0.15, -0.1) is 0 Å². The molecule has 2 aliphatic rings. The van der Waals surface area contributed by atoms with Crippen LogP contribution in [0.1, 0.15) is 45.4 Å². The number of aliphatic hydroxyl groups is 1. The Bertz CT molecular complexity index is 2130. The Hall–Kier alpha value is -4.56. The fourth-order valence-electron chi connectivity index (χ4n) is 5.30. The van der Waals surface area contributed by atoms with Crippen molar-refractivity contribution >= 4 is 49.7 Å². The molecular weight excluding hydrogens is 680 g/mol. The molecule has 5 atom stereocenters. The molecule has 24 heteroatoms. The minimum Gasteiger partial charge on any atom is -0.509 e. The van der Waals surface area contributed by atoms with Gasteiger partial charge in [0.2, 0.25) is 5.95 Å². The Balaban J connectivity index is 1.39. The summed E-state index contributed by atoms with van der Waals surface area (Å²) >= 11 is 0. The van der Waals surface area contributed by atoms with Crippen molar-refractivity contribution in [2.24, 2.45) is 5.73 Å². The molecule has 0 radical (unpaired) electrons. The smallest absolute Gasteiger partial charge is 0.509 e. The lowest BCUT2D eigenvalue weighted by Crippen LogP contribution is -2.35. The monoisotopic (exact) mass is 711 g/mol. The first-order chi connectivity index (χ1) is 22.6. The number of hydrogen-bond donors (Lipinski definition) is 7.